The van der Waals surface area contributed by atoms with Crippen molar-refractivity contribution in [3.05, 3.63) is 36.0 Å². The highest BCUT2D eigenvalue weighted by atomic mass is 32.2. The minimum atomic E-state index is -4.34. The fourth-order valence-corrected chi connectivity index (χ4v) is 3.35. The molecule has 0 atom stereocenters. The molecule has 0 radical (unpaired) electrons. The quantitative estimate of drug-likeness (QED) is 0.861. The van der Waals surface area contributed by atoms with Crippen molar-refractivity contribution in [3.63, 3.8) is 0 Å². The van der Waals surface area contributed by atoms with Gasteiger partial charge in [-0.15, -0.1) is 0 Å². The number of pyridine rings is 1. The summed E-state index contributed by atoms with van der Waals surface area (Å²) in [5, 5.41) is 0. The fraction of sp³-hybridized carbons (Fsp3) is 0.294. The molecular formula is C17H18N2O4S. The first-order valence-corrected chi connectivity index (χ1v) is 8.81. The molecule has 0 saturated carbocycles. The van der Waals surface area contributed by atoms with Gasteiger partial charge >= 0.3 is 0 Å². The zero-order valence-corrected chi connectivity index (χ0v) is 14.7. The molecule has 1 aromatic carbocycles. The first-order chi connectivity index (χ1) is 11.1. The molecule has 0 unspecified atom stereocenters. The van der Waals surface area contributed by atoms with Gasteiger partial charge in [-0.1, -0.05) is 19.9 Å². The Balaban J connectivity index is 2.11. The van der Waals surface area contributed by atoms with E-state index in [2.05, 4.69) is 23.8 Å². The van der Waals surface area contributed by atoms with E-state index in [1.165, 1.54) is 13.2 Å². The van der Waals surface area contributed by atoms with Gasteiger partial charge in [-0.25, -0.2) is 9.98 Å². The first kappa shape index (κ1) is 16.6. The molecule has 1 N–H and O–H groups in total. The molecule has 7 heteroatoms. The van der Waals surface area contributed by atoms with Crippen LogP contribution in [0, 0.1) is 0 Å². The molecule has 1 aliphatic rings. The average Bonchev–Trinajstić information content (AvgIpc) is 2.75. The van der Waals surface area contributed by atoms with Crippen molar-refractivity contribution >= 4 is 21.6 Å². The maximum Gasteiger partial charge on any atom is 0.298 e. The SMILES string of the molecule is COc1cc(-c2cnc3c(c2)C(C)(C)C(C)=N3)ccc1S(=O)(=O)O. The Kier molecular flexibility index (Phi) is 3.73. The van der Waals surface area contributed by atoms with Crippen molar-refractivity contribution < 1.29 is 17.7 Å². The van der Waals surface area contributed by atoms with E-state index in [1.807, 2.05) is 13.0 Å². The summed E-state index contributed by atoms with van der Waals surface area (Å²) in [6.07, 6.45) is 1.69. The van der Waals surface area contributed by atoms with Crippen molar-refractivity contribution in [2.75, 3.05) is 7.11 Å². The van der Waals surface area contributed by atoms with Gasteiger partial charge in [-0.3, -0.25) is 4.55 Å². The second-order valence-electron chi connectivity index (χ2n) is 6.26. The highest BCUT2D eigenvalue weighted by Gasteiger charge is 2.33. The fourth-order valence-electron chi connectivity index (χ4n) is 2.72. The lowest BCUT2D eigenvalue weighted by Gasteiger charge is -2.20. The van der Waals surface area contributed by atoms with Crippen LogP contribution in [0.2, 0.25) is 0 Å². The number of nitrogens with zero attached hydrogens (tertiary/aromatic N) is 2. The number of fused-ring (bicyclic) bond motifs is 1. The molecule has 126 valence electrons. The van der Waals surface area contributed by atoms with E-state index in [1.54, 1.807) is 18.3 Å². The predicted molar refractivity (Wildman–Crippen MR) is 91.8 cm³/mol. The smallest absolute Gasteiger partial charge is 0.298 e. The number of methoxy groups -OCH3 is 1. The number of benzene rings is 1. The van der Waals surface area contributed by atoms with Crippen LogP contribution in [0.1, 0.15) is 26.3 Å². The Morgan fingerprint density at radius 1 is 1.17 bits per heavy atom. The number of hydrogen-bond donors (Lipinski definition) is 1. The molecule has 6 nitrogen and oxygen atoms in total. The molecule has 0 saturated heterocycles. The van der Waals surface area contributed by atoms with Crippen LogP contribution in [0.25, 0.3) is 11.1 Å². The van der Waals surface area contributed by atoms with E-state index in [0.29, 0.717) is 5.82 Å². The lowest BCUT2D eigenvalue weighted by molar-refractivity contribution is 0.398. The van der Waals surface area contributed by atoms with Crippen LogP contribution in [0.4, 0.5) is 5.82 Å². The van der Waals surface area contributed by atoms with Gasteiger partial charge < -0.3 is 4.74 Å². The second kappa shape index (κ2) is 5.39. The second-order valence-corrected chi connectivity index (χ2v) is 7.65. The maximum atomic E-state index is 11.4. The molecule has 2 aromatic rings. The van der Waals surface area contributed by atoms with Crippen molar-refractivity contribution in [1.29, 1.82) is 0 Å². The van der Waals surface area contributed by atoms with Crippen molar-refractivity contribution in [2.45, 2.75) is 31.1 Å². The minimum Gasteiger partial charge on any atom is -0.495 e. The van der Waals surface area contributed by atoms with Crippen LogP contribution in [0.3, 0.4) is 0 Å². The van der Waals surface area contributed by atoms with Gasteiger partial charge in [-0.2, -0.15) is 8.42 Å². The lowest BCUT2D eigenvalue weighted by atomic mass is 9.82. The van der Waals surface area contributed by atoms with Crippen molar-refractivity contribution in [1.82, 2.24) is 4.98 Å². The Bertz CT molecular complexity index is 963. The minimum absolute atomic E-state index is 0.0854. The molecular weight excluding hydrogens is 328 g/mol. The van der Waals surface area contributed by atoms with E-state index in [-0.39, 0.29) is 16.1 Å². The van der Waals surface area contributed by atoms with Crippen LogP contribution < -0.4 is 4.74 Å². The number of aromatic nitrogens is 1. The summed E-state index contributed by atoms with van der Waals surface area (Å²) in [5.41, 5.74) is 3.40. The largest absolute Gasteiger partial charge is 0.495 e. The summed E-state index contributed by atoms with van der Waals surface area (Å²) in [7, 11) is -2.98. The van der Waals surface area contributed by atoms with Gasteiger partial charge in [0.05, 0.1) is 7.11 Å². The monoisotopic (exact) mass is 346 g/mol. The van der Waals surface area contributed by atoms with Gasteiger partial charge in [0.2, 0.25) is 0 Å². The van der Waals surface area contributed by atoms with E-state index < -0.39 is 10.1 Å². The average molecular weight is 346 g/mol. The summed E-state index contributed by atoms with van der Waals surface area (Å²) >= 11 is 0. The molecule has 0 spiro atoms. The van der Waals surface area contributed by atoms with Crippen LogP contribution in [0.15, 0.2) is 40.4 Å². The molecule has 0 aliphatic carbocycles. The highest BCUT2D eigenvalue weighted by Crippen LogP contribution is 2.40. The summed E-state index contributed by atoms with van der Waals surface area (Å²) in [4.78, 5) is 8.64. The number of ether oxygens (including phenoxy) is 1. The summed E-state index contributed by atoms with van der Waals surface area (Å²) in [5.74, 6) is 0.796. The molecule has 0 fully saturated rings. The first-order valence-electron chi connectivity index (χ1n) is 7.37. The predicted octanol–water partition coefficient (Wildman–Crippen LogP) is 3.39. The van der Waals surface area contributed by atoms with Crippen LogP contribution in [-0.4, -0.2) is 30.8 Å². The van der Waals surface area contributed by atoms with Gasteiger partial charge in [-0.05, 0) is 30.7 Å². The van der Waals surface area contributed by atoms with Crippen LogP contribution >= 0.6 is 0 Å². The Morgan fingerprint density at radius 2 is 1.88 bits per heavy atom. The van der Waals surface area contributed by atoms with Gasteiger partial charge in [0.25, 0.3) is 10.1 Å². The third kappa shape index (κ3) is 2.59. The third-order valence-corrected chi connectivity index (χ3v) is 5.39. The standard InChI is InChI=1S/C17H18N2O4S/c1-10-17(2,3)13-7-12(9-18-16(13)19-10)11-5-6-15(24(20,21)22)14(8-11)23-4/h5-9H,1-4H3,(H,20,21,22). The van der Waals surface area contributed by atoms with Gasteiger partial charge in [0.15, 0.2) is 5.82 Å². The van der Waals surface area contributed by atoms with E-state index in [9.17, 15) is 13.0 Å². The number of rotatable bonds is 3. The molecule has 2 heterocycles. The summed E-state index contributed by atoms with van der Waals surface area (Å²) in [6.45, 7) is 6.15. The number of hydrogen-bond acceptors (Lipinski definition) is 5. The van der Waals surface area contributed by atoms with Gasteiger partial charge in [0.1, 0.15) is 10.6 Å². The van der Waals surface area contributed by atoms with E-state index >= 15 is 0 Å². The molecule has 1 aromatic heterocycles. The Morgan fingerprint density at radius 3 is 2.50 bits per heavy atom. The van der Waals surface area contributed by atoms with Crippen LogP contribution in [0.5, 0.6) is 5.75 Å². The summed E-state index contributed by atoms with van der Waals surface area (Å²) < 4.78 is 37.1. The lowest BCUT2D eigenvalue weighted by Crippen LogP contribution is -2.22. The molecule has 0 bridgehead atoms. The molecule has 1 aliphatic heterocycles. The van der Waals surface area contributed by atoms with E-state index in [4.69, 9.17) is 4.74 Å². The topological polar surface area (TPSA) is 88.9 Å². The molecule has 24 heavy (non-hydrogen) atoms. The molecule has 0 amide bonds. The van der Waals surface area contributed by atoms with Gasteiger partial charge in [0, 0.05) is 28.5 Å². The maximum absolute atomic E-state index is 11.4. The Labute approximate surface area is 141 Å². The zero-order chi connectivity index (χ0) is 17.7. The van der Waals surface area contributed by atoms with E-state index in [0.717, 1.165) is 22.4 Å². The highest BCUT2D eigenvalue weighted by molar-refractivity contribution is 7.86. The van der Waals surface area contributed by atoms with Crippen molar-refractivity contribution in [3.8, 4) is 16.9 Å². The Hall–Kier alpha value is -2.25. The zero-order valence-electron chi connectivity index (χ0n) is 13.9. The number of aliphatic imine (C=N–C) groups is 1. The third-order valence-electron chi connectivity index (χ3n) is 4.49. The van der Waals surface area contributed by atoms with Crippen molar-refractivity contribution in [2.24, 2.45) is 4.99 Å². The van der Waals surface area contributed by atoms with Crippen LogP contribution in [-0.2, 0) is 15.5 Å². The summed E-state index contributed by atoms with van der Waals surface area (Å²) in [6, 6.07) is 6.51. The normalized spacial score (nSPS) is 15.8. The molecule has 3 rings (SSSR count).